The van der Waals surface area contributed by atoms with E-state index in [1.807, 2.05) is 12.2 Å². The molecule has 2 rings (SSSR count). The van der Waals surface area contributed by atoms with E-state index in [0.717, 1.165) is 38.5 Å². The Morgan fingerprint density at radius 2 is 1.24 bits per heavy atom. The molecule has 0 saturated heterocycles. The fraction of sp³-hybridized carbons (Fsp3) is 0.333. The third kappa shape index (κ3) is 12.6. The van der Waals surface area contributed by atoms with Crippen molar-refractivity contribution in [3.8, 4) is 0 Å². The molecule has 0 aromatic heterocycles. The molecule has 21 heavy (non-hydrogen) atoms. The van der Waals surface area contributed by atoms with Crippen molar-refractivity contribution >= 4 is 0 Å². The van der Waals surface area contributed by atoms with E-state index in [2.05, 4.69) is 49.6 Å². The first-order valence-corrected chi connectivity index (χ1v) is 6.61. The largest absolute Gasteiger partial charge is 4.00 e. The van der Waals surface area contributed by atoms with Crippen LogP contribution in [0.5, 0.6) is 0 Å². The molecule has 112 valence electrons. The van der Waals surface area contributed by atoms with Crippen molar-refractivity contribution in [2.75, 3.05) is 0 Å². The summed E-state index contributed by atoms with van der Waals surface area (Å²) < 4.78 is 0. The maximum atomic E-state index is 3.66. The van der Waals surface area contributed by atoms with E-state index < -0.39 is 0 Å². The van der Waals surface area contributed by atoms with E-state index in [1.54, 1.807) is 0 Å². The van der Waals surface area contributed by atoms with Crippen molar-refractivity contribution in [3.05, 3.63) is 72.9 Å². The van der Waals surface area contributed by atoms with Crippen LogP contribution in [-0.4, -0.2) is 0 Å². The third-order valence-corrected chi connectivity index (χ3v) is 2.77. The van der Waals surface area contributed by atoms with Crippen molar-refractivity contribution in [2.24, 2.45) is 0 Å². The average molecular weight is 455 g/mol. The number of hydrogen-bond acceptors (Lipinski definition) is 0. The molecule has 0 radical (unpaired) electrons. The summed E-state index contributed by atoms with van der Waals surface area (Å²) in [6.45, 7) is 7.31. The quantitative estimate of drug-likeness (QED) is 0.283. The third-order valence-electron chi connectivity index (χ3n) is 2.77. The van der Waals surface area contributed by atoms with Crippen molar-refractivity contribution in [2.45, 2.75) is 38.5 Å². The zero-order chi connectivity index (χ0) is 13.1. The van der Waals surface area contributed by atoms with Gasteiger partial charge in [0.15, 0.2) is 0 Å². The van der Waals surface area contributed by atoms with Gasteiger partial charge in [-0.25, -0.2) is 23.3 Å². The van der Waals surface area contributed by atoms with E-state index in [0.29, 0.717) is 0 Å². The average Bonchev–Trinajstić information content (AvgIpc) is 3.07. The molecule has 2 aliphatic carbocycles. The Hall–Kier alpha value is -0.830. The molecule has 0 spiro atoms. The normalized spacial score (nSPS) is 13.5. The number of rotatable bonds is 6. The van der Waals surface area contributed by atoms with Crippen LogP contribution in [0.2, 0.25) is 0 Å². The Balaban J connectivity index is -0.000000270. The molecule has 0 heterocycles. The first-order valence-electron chi connectivity index (χ1n) is 6.61. The summed E-state index contributed by atoms with van der Waals surface area (Å²) in [5.41, 5.74) is 2.69. The molecule has 0 aromatic rings. The fourth-order valence-corrected chi connectivity index (χ4v) is 1.76. The zero-order valence-electron chi connectivity index (χ0n) is 12.4. The number of halogens is 2. The van der Waals surface area contributed by atoms with Crippen LogP contribution in [0.15, 0.2) is 60.8 Å². The summed E-state index contributed by atoms with van der Waals surface area (Å²) in [4.78, 5) is 0. The summed E-state index contributed by atoms with van der Waals surface area (Å²) in [7, 11) is 0. The topological polar surface area (TPSA) is 0 Å². The van der Waals surface area contributed by atoms with E-state index in [4.69, 9.17) is 0 Å². The van der Waals surface area contributed by atoms with Crippen LogP contribution in [0.3, 0.4) is 0 Å². The van der Waals surface area contributed by atoms with Gasteiger partial charge in [0.05, 0.1) is 0 Å². The van der Waals surface area contributed by atoms with Gasteiger partial charge >= 0.3 is 25.8 Å². The van der Waals surface area contributed by atoms with Crippen molar-refractivity contribution in [1.29, 1.82) is 0 Å². The van der Waals surface area contributed by atoms with Gasteiger partial charge < -0.3 is 9.41 Å². The van der Waals surface area contributed by atoms with Crippen LogP contribution in [0.4, 0.5) is 0 Å². The van der Waals surface area contributed by atoms with E-state index in [1.165, 1.54) is 11.1 Å². The van der Waals surface area contributed by atoms with E-state index in [9.17, 15) is 0 Å². The standard InChI is InChI=1S/2C9H11.2FH.Hf/c2*1-2-3-6-9-7-4-5-8-9;;;/h2*2,4,7H,1,3,5-6H2;2*1H;/q2*-1;;;+4/p-2. The summed E-state index contributed by atoms with van der Waals surface area (Å²) in [6.07, 6.45) is 25.3. The Morgan fingerprint density at radius 1 is 0.857 bits per heavy atom. The molecule has 0 fully saturated rings. The molecule has 2 aliphatic rings. The van der Waals surface area contributed by atoms with Crippen LogP contribution < -0.4 is 9.41 Å². The Labute approximate surface area is 146 Å². The van der Waals surface area contributed by atoms with Gasteiger partial charge in [0.25, 0.3) is 0 Å². The van der Waals surface area contributed by atoms with Gasteiger partial charge in [0.1, 0.15) is 0 Å². The van der Waals surface area contributed by atoms with Crippen LogP contribution >= 0.6 is 0 Å². The maximum absolute atomic E-state index is 3.66. The summed E-state index contributed by atoms with van der Waals surface area (Å²) in [6, 6.07) is 0. The minimum Gasteiger partial charge on any atom is -1.00 e. The second-order valence-corrected chi connectivity index (χ2v) is 4.27. The van der Waals surface area contributed by atoms with Crippen LogP contribution in [-0.2, 0) is 25.8 Å². The number of allylic oxidation sites excluding steroid dienone is 10. The minimum absolute atomic E-state index is 0. The van der Waals surface area contributed by atoms with Crippen LogP contribution in [0, 0.1) is 12.2 Å². The van der Waals surface area contributed by atoms with Crippen molar-refractivity contribution in [1.82, 2.24) is 0 Å². The molecule has 0 N–H and O–H groups in total. The van der Waals surface area contributed by atoms with Crippen LogP contribution in [0.25, 0.3) is 0 Å². The molecule has 0 aromatic carbocycles. The molecule has 0 bridgehead atoms. The van der Waals surface area contributed by atoms with Crippen molar-refractivity contribution < 1.29 is 35.3 Å². The Kier molecular flexibility index (Phi) is 20.6. The summed E-state index contributed by atoms with van der Waals surface area (Å²) in [5.74, 6) is 0. The first kappa shape index (κ1) is 25.1. The molecule has 0 aliphatic heterocycles. The first-order chi connectivity index (χ1) is 8.86. The fourth-order valence-electron chi connectivity index (χ4n) is 1.76. The molecule has 0 atom stereocenters. The van der Waals surface area contributed by atoms with Gasteiger partial charge in [0.2, 0.25) is 0 Å². The summed E-state index contributed by atoms with van der Waals surface area (Å²) in [5, 5.41) is 0. The van der Waals surface area contributed by atoms with Gasteiger partial charge in [-0.05, 0) is 12.8 Å². The smallest absolute Gasteiger partial charge is 1.00 e. The van der Waals surface area contributed by atoms with Gasteiger partial charge in [0, 0.05) is 0 Å². The molecule has 0 unspecified atom stereocenters. The van der Waals surface area contributed by atoms with Gasteiger partial charge in [-0.3, -0.25) is 12.2 Å². The SMILES string of the molecule is C=CCCC1=[C-]CC=C1.C=CCCC1=[C-]CC=C1.[F-].[F-].[Hf+4]. The predicted molar refractivity (Wildman–Crippen MR) is 79.9 cm³/mol. The molecule has 0 nitrogen and oxygen atoms in total. The Bertz CT molecular complexity index is 352. The molecule has 0 saturated carbocycles. The second-order valence-electron chi connectivity index (χ2n) is 4.27. The van der Waals surface area contributed by atoms with E-state index in [-0.39, 0.29) is 35.3 Å². The molecular weight excluding hydrogens is 433 g/mol. The monoisotopic (exact) mass is 456 g/mol. The molecule has 0 amide bonds. The second kappa shape index (κ2) is 17.2. The Morgan fingerprint density at radius 3 is 1.48 bits per heavy atom. The maximum Gasteiger partial charge on any atom is 4.00 e. The summed E-state index contributed by atoms with van der Waals surface area (Å²) >= 11 is 0. The van der Waals surface area contributed by atoms with Gasteiger partial charge in [-0.1, -0.05) is 25.0 Å². The predicted octanol–water partition coefficient (Wildman–Crippen LogP) is -0.710. The number of hydrogen-bond donors (Lipinski definition) is 0. The van der Waals surface area contributed by atoms with Gasteiger partial charge in [-0.2, -0.15) is 12.2 Å². The van der Waals surface area contributed by atoms with Crippen molar-refractivity contribution in [3.63, 3.8) is 0 Å². The zero-order valence-corrected chi connectivity index (χ0v) is 16.0. The molecular formula is C18H22F2Hf. The minimum atomic E-state index is 0. The van der Waals surface area contributed by atoms with Crippen LogP contribution in [0.1, 0.15) is 38.5 Å². The van der Waals surface area contributed by atoms with E-state index >= 15 is 0 Å². The van der Waals surface area contributed by atoms with Gasteiger partial charge in [-0.15, -0.1) is 26.0 Å². The molecule has 3 heteroatoms.